The van der Waals surface area contributed by atoms with E-state index in [1.54, 1.807) is 5.57 Å². The van der Waals surface area contributed by atoms with Crippen LogP contribution in [0.2, 0.25) is 0 Å². The Hall–Kier alpha value is -1.11. The van der Waals surface area contributed by atoms with Gasteiger partial charge in [0.2, 0.25) is 0 Å². The van der Waals surface area contributed by atoms with Crippen molar-refractivity contribution in [3.8, 4) is 0 Å². The van der Waals surface area contributed by atoms with E-state index in [2.05, 4.69) is 33.4 Å². The highest BCUT2D eigenvalue weighted by atomic mass is 16.1. The van der Waals surface area contributed by atoms with Crippen LogP contribution in [0.25, 0.3) is 0 Å². The first-order chi connectivity index (χ1) is 11.9. The number of carbonyl (C=O) groups excluding carboxylic acids is 1. The van der Waals surface area contributed by atoms with Crippen molar-refractivity contribution in [2.75, 3.05) is 0 Å². The highest BCUT2D eigenvalue weighted by Crippen LogP contribution is 2.67. The van der Waals surface area contributed by atoms with Crippen LogP contribution in [0, 0.1) is 34.5 Å². The molecule has 4 aliphatic rings. The molecule has 0 amide bonds. The first kappa shape index (κ1) is 17.3. The summed E-state index contributed by atoms with van der Waals surface area (Å²) >= 11 is 0. The maximum Gasteiger partial charge on any atom is 0.155 e. The molecule has 0 aromatic carbocycles. The van der Waals surface area contributed by atoms with Crippen molar-refractivity contribution in [1.82, 2.24) is 0 Å². The standard InChI is InChI=1S/C24H34O/c1-5-6-16(2)20-9-10-21-19-8-7-17-15-18(25)11-13-23(17,3)22(19)12-14-24(20,21)4/h5-6,15,19-22H,1,7-14H2,2-4H3/b16-6+/t19?,20-,21?,22?,23+,24-/m1/s1. The van der Waals surface area contributed by atoms with Gasteiger partial charge in [-0.25, -0.2) is 0 Å². The fourth-order valence-electron chi connectivity index (χ4n) is 7.61. The van der Waals surface area contributed by atoms with E-state index in [4.69, 9.17) is 0 Å². The van der Waals surface area contributed by atoms with E-state index in [0.717, 1.165) is 36.5 Å². The normalized spacial score (nSPS) is 46.8. The zero-order valence-corrected chi connectivity index (χ0v) is 16.3. The number of hydrogen-bond donors (Lipinski definition) is 0. The fraction of sp³-hybridized carbons (Fsp3) is 0.708. The molecule has 3 fully saturated rings. The molecule has 0 bridgehead atoms. The first-order valence-corrected chi connectivity index (χ1v) is 10.4. The maximum absolute atomic E-state index is 11.9. The lowest BCUT2D eigenvalue weighted by Gasteiger charge is -2.58. The van der Waals surface area contributed by atoms with Crippen molar-refractivity contribution in [3.63, 3.8) is 0 Å². The molecular weight excluding hydrogens is 304 g/mol. The Morgan fingerprint density at radius 3 is 2.68 bits per heavy atom. The van der Waals surface area contributed by atoms with E-state index in [9.17, 15) is 4.79 Å². The van der Waals surface area contributed by atoms with Gasteiger partial charge in [-0.15, -0.1) is 0 Å². The number of rotatable bonds is 2. The van der Waals surface area contributed by atoms with Gasteiger partial charge in [0.1, 0.15) is 0 Å². The van der Waals surface area contributed by atoms with Crippen LogP contribution in [0.15, 0.2) is 36.0 Å². The smallest absolute Gasteiger partial charge is 0.155 e. The van der Waals surface area contributed by atoms with Gasteiger partial charge in [-0.3, -0.25) is 4.79 Å². The Kier molecular flexibility index (Phi) is 4.13. The quantitative estimate of drug-likeness (QED) is 0.543. The van der Waals surface area contributed by atoms with E-state index < -0.39 is 0 Å². The Morgan fingerprint density at radius 2 is 1.92 bits per heavy atom. The second kappa shape index (κ2) is 5.96. The van der Waals surface area contributed by atoms with E-state index in [-0.39, 0.29) is 0 Å². The van der Waals surface area contributed by atoms with Gasteiger partial charge in [0.25, 0.3) is 0 Å². The predicted molar refractivity (Wildman–Crippen MR) is 104 cm³/mol. The summed E-state index contributed by atoms with van der Waals surface area (Å²) in [6, 6.07) is 0. The number of ketones is 1. The largest absolute Gasteiger partial charge is 0.295 e. The molecular formula is C24H34O. The molecule has 1 nitrogen and oxygen atoms in total. The maximum atomic E-state index is 11.9. The average molecular weight is 339 g/mol. The molecule has 6 atom stereocenters. The van der Waals surface area contributed by atoms with Gasteiger partial charge in [0, 0.05) is 6.42 Å². The molecule has 3 unspecified atom stereocenters. The number of allylic oxidation sites excluding steroid dienone is 4. The van der Waals surface area contributed by atoms with E-state index in [1.807, 2.05) is 12.2 Å². The molecule has 0 saturated heterocycles. The summed E-state index contributed by atoms with van der Waals surface area (Å²) in [7, 11) is 0. The predicted octanol–water partition coefficient (Wildman–Crippen LogP) is 6.27. The summed E-state index contributed by atoms with van der Waals surface area (Å²) in [4.78, 5) is 11.9. The molecule has 3 saturated carbocycles. The van der Waals surface area contributed by atoms with E-state index >= 15 is 0 Å². The van der Waals surface area contributed by atoms with Crippen LogP contribution < -0.4 is 0 Å². The summed E-state index contributed by atoms with van der Waals surface area (Å²) in [6.07, 6.45) is 16.1. The Balaban J connectivity index is 1.65. The molecule has 25 heavy (non-hydrogen) atoms. The zero-order chi connectivity index (χ0) is 17.8. The molecule has 0 aromatic heterocycles. The Morgan fingerprint density at radius 1 is 1.12 bits per heavy atom. The van der Waals surface area contributed by atoms with Crippen LogP contribution in [0.5, 0.6) is 0 Å². The first-order valence-electron chi connectivity index (χ1n) is 10.4. The van der Waals surface area contributed by atoms with Gasteiger partial charge in [-0.05, 0) is 92.4 Å². The van der Waals surface area contributed by atoms with Gasteiger partial charge >= 0.3 is 0 Å². The summed E-state index contributed by atoms with van der Waals surface area (Å²) < 4.78 is 0. The number of hydrogen-bond acceptors (Lipinski definition) is 1. The van der Waals surface area contributed by atoms with Gasteiger partial charge in [0.15, 0.2) is 5.78 Å². The molecule has 1 heteroatoms. The van der Waals surface area contributed by atoms with Crippen LogP contribution in [0.4, 0.5) is 0 Å². The van der Waals surface area contributed by atoms with Crippen molar-refractivity contribution in [2.24, 2.45) is 34.5 Å². The van der Waals surface area contributed by atoms with Crippen LogP contribution in [0.1, 0.15) is 72.1 Å². The van der Waals surface area contributed by atoms with Crippen LogP contribution in [-0.2, 0) is 4.79 Å². The minimum atomic E-state index is 0.308. The fourth-order valence-corrected chi connectivity index (χ4v) is 7.61. The third-order valence-corrected chi connectivity index (χ3v) is 8.89. The van der Waals surface area contributed by atoms with Gasteiger partial charge < -0.3 is 0 Å². The average Bonchev–Trinajstić information content (AvgIpc) is 2.93. The monoisotopic (exact) mass is 338 g/mol. The van der Waals surface area contributed by atoms with Crippen LogP contribution in [0.3, 0.4) is 0 Å². The molecule has 4 rings (SSSR count). The van der Waals surface area contributed by atoms with E-state index in [0.29, 0.717) is 16.6 Å². The topological polar surface area (TPSA) is 17.1 Å². The minimum Gasteiger partial charge on any atom is -0.295 e. The lowest BCUT2D eigenvalue weighted by molar-refractivity contribution is -0.117. The third kappa shape index (κ3) is 2.45. The van der Waals surface area contributed by atoms with Crippen molar-refractivity contribution >= 4 is 5.78 Å². The molecule has 0 heterocycles. The van der Waals surface area contributed by atoms with Crippen LogP contribution >= 0.6 is 0 Å². The minimum absolute atomic E-state index is 0.308. The van der Waals surface area contributed by atoms with Gasteiger partial charge in [0.05, 0.1) is 0 Å². The van der Waals surface area contributed by atoms with Crippen molar-refractivity contribution < 1.29 is 4.79 Å². The second-order valence-corrected chi connectivity index (χ2v) is 9.79. The molecule has 0 spiro atoms. The molecule has 4 aliphatic carbocycles. The number of fused-ring (bicyclic) bond motifs is 5. The summed E-state index contributed by atoms with van der Waals surface area (Å²) in [5.41, 5.74) is 3.82. The lowest BCUT2D eigenvalue weighted by atomic mass is 9.46. The molecule has 136 valence electrons. The highest BCUT2D eigenvalue weighted by molar-refractivity contribution is 5.91. The molecule has 0 aromatic rings. The summed E-state index contributed by atoms with van der Waals surface area (Å²) in [6.45, 7) is 11.3. The summed E-state index contributed by atoms with van der Waals surface area (Å²) in [5.74, 6) is 3.67. The Labute approximate surface area is 153 Å². The van der Waals surface area contributed by atoms with Gasteiger partial charge in [-0.2, -0.15) is 0 Å². The van der Waals surface area contributed by atoms with Gasteiger partial charge in [-0.1, -0.05) is 43.7 Å². The van der Waals surface area contributed by atoms with Crippen molar-refractivity contribution in [3.05, 3.63) is 36.0 Å². The van der Waals surface area contributed by atoms with Crippen molar-refractivity contribution in [2.45, 2.75) is 72.1 Å². The zero-order valence-electron chi connectivity index (χ0n) is 16.3. The SMILES string of the molecule is C=C/C=C(\C)[C@H]1CCC2C3CCC4=CC(=O)CC[C@]4(C)C3CC[C@@]21C. The summed E-state index contributed by atoms with van der Waals surface area (Å²) in [5, 5.41) is 0. The Bertz CT molecular complexity index is 653. The second-order valence-electron chi connectivity index (χ2n) is 9.79. The van der Waals surface area contributed by atoms with Crippen molar-refractivity contribution in [1.29, 1.82) is 0 Å². The number of carbonyl (C=O) groups is 1. The molecule has 0 N–H and O–H groups in total. The van der Waals surface area contributed by atoms with E-state index in [1.165, 1.54) is 44.1 Å². The lowest BCUT2D eigenvalue weighted by Crippen LogP contribution is -2.50. The molecule has 0 aliphatic heterocycles. The van der Waals surface area contributed by atoms with Crippen LogP contribution in [-0.4, -0.2) is 5.78 Å². The molecule has 0 radical (unpaired) electrons. The third-order valence-electron chi connectivity index (χ3n) is 8.89. The highest BCUT2D eigenvalue weighted by Gasteiger charge is 2.58.